The molecule has 36 heavy (non-hydrogen) atoms. The maximum atomic E-state index is 11.8. The van der Waals surface area contributed by atoms with Gasteiger partial charge in [0.05, 0.1) is 24.1 Å². The molecule has 0 aromatic carbocycles. The van der Waals surface area contributed by atoms with Crippen molar-refractivity contribution in [3.8, 4) is 0 Å². The molecule has 0 spiro atoms. The molecule has 1 N–H and O–H groups in total. The minimum absolute atomic E-state index is 0.0467. The third-order valence-electron chi connectivity index (χ3n) is 3.05. The number of hydrogen-bond donors (Lipinski definition) is 1. The first-order chi connectivity index (χ1) is 17.7. The van der Waals surface area contributed by atoms with Crippen LogP contribution in [0.5, 0.6) is 0 Å². The molecule has 0 aromatic rings. The van der Waals surface area contributed by atoms with Crippen LogP contribution in [0.3, 0.4) is 0 Å². The van der Waals surface area contributed by atoms with Crippen molar-refractivity contribution in [2.45, 2.75) is 6.92 Å². The summed E-state index contributed by atoms with van der Waals surface area (Å²) < 4.78 is 10.3. The van der Waals surface area contributed by atoms with Gasteiger partial charge in [-0.15, -0.1) is 106 Å². The molecule has 0 saturated heterocycles. The average molecular weight is 697 g/mol. The number of carbonyl (C=O) groups excluding carboxylic acids is 2. The van der Waals surface area contributed by atoms with E-state index in [9.17, 15) is 9.59 Å². The molecule has 17 heteroatoms. The van der Waals surface area contributed by atoms with Crippen molar-refractivity contribution < 1.29 is 33.9 Å². The van der Waals surface area contributed by atoms with E-state index < -0.39 is 0 Å². The van der Waals surface area contributed by atoms with Gasteiger partial charge in [0, 0.05) is 42.0 Å². The molecule has 7 nitrogen and oxygen atoms in total. The van der Waals surface area contributed by atoms with Crippen molar-refractivity contribution in [1.82, 2.24) is 0 Å². The Morgan fingerprint density at radius 2 is 1.11 bits per heavy atom. The first-order valence-corrected chi connectivity index (χ1v) is 22.2. The molecule has 0 saturated carbocycles. The first kappa shape index (κ1) is 38.3. The van der Waals surface area contributed by atoms with E-state index in [1.165, 1.54) is 23.5 Å². The van der Waals surface area contributed by atoms with Gasteiger partial charge in [-0.3, -0.25) is 9.59 Å². The second-order valence-electron chi connectivity index (χ2n) is 5.78. The van der Waals surface area contributed by atoms with Gasteiger partial charge in [0.25, 0.3) is 0 Å². The molecule has 0 bridgehead atoms. The number of ether oxygens (including phenoxy) is 2. The number of thioether (sulfide) groups is 10. The normalized spacial score (nSPS) is 11.1. The summed E-state index contributed by atoms with van der Waals surface area (Å²) in [5.74, 6) is 4.02. The van der Waals surface area contributed by atoms with E-state index >= 15 is 0 Å². The van der Waals surface area contributed by atoms with Crippen LogP contribution in [0.15, 0.2) is 0 Å². The van der Waals surface area contributed by atoms with Crippen LogP contribution < -0.4 is 0 Å². The van der Waals surface area contributed by atoms with Gasteiger partial charge < -0.3 is 14.6 Å². The van der Waals surface area contributed by atoms with Crippen molar-refractivity contribution >= 4 is 130 Å². The highest BCUT2D eigenvalue weighted by molar-refractivity contribution is 8.26. The summed E-state index contributed by atoms with van der Waals surface area (Å²) in [7, 11) is 0. The van der Waals surface area contributed by atoms with Crippen molar-refractivity contribution in [2.24, 2.45) is 0 Å². The number of hydrogen-bond acceptors (Lipinski definition) is 17. The zero-order valence-electron chi connectivity index (χ0n) is 20.3. The van der Waals surface area contributed by atoms with Gasteiger partial charge in [0.15, 0.2) is 0 Å². The predicted molar refractivity (Wildman–Crippen MR) is 176 cm³/mol. The van der Waals surface area contributed by atoms with Gasteiger partial charge in [0.2, 0.25) is 0 Å². The maximum absolute atomic E-state index is 11.8. The minimum Gasteiger partial charge on any atom is -0.464 e. The lowest BCUT2D eigenvalue weighted by molar-refractivity contribution is -0.274. The monoisotopic (exact) mass is 696 g/mol. The van der Waals surface area contributed by atoms with E-state index in [0.717, 1.165) is 42.0 Å². The Labute approximate surface area is 258 Å². The molecule has 0 aromatic heterocycles. The summed E-state index contributed by atoms with van der Waals surface area (Å²) in [6.07, 6.45) is 0. The van der Waals surface area contributed by atoms with Crippen LogP contribution in [0.25, 0.3) is 0 Å². The highest BCUT2D eigenvalue weighted by Gasteiger charge is 2.05. The van der Waals surface area contributed by atoms with Crippen LogP contribution >= 0.6 is 118 Å². The van der Waals surface area contributed by atoms with Crippen LogP contribution in [0, 0.1) is 0 Å². The summed E-state index contributed by atoms with van der Waals surface area (Å²) in [4.78, 5) is 33.4. The predicted octanol–water partition coefficient (Wildman–Crippen LogP) is 5.98. The number of carbonyl (C=O) groups is 2. The zero-order chi connectivity index (χ0) is 26.4. The van der Waals surface area contributed by atoms with Crippen molar-refractivity contribution in [3.05, 3.63) is 0 Å². The van der Waals surface area contributed by atoms with E-state index in [1.54, 1.807) is 58.8 Å². The van der Waals surface area contributed by atoms with Gasteiger partial charge in [0.1, 0.15) is 18.5 Å². The zero-order valence-corrected chi connectivity index (χ0v) is 28.5. The van der Waals surface area contributed by atoms with Gasteiger partial charge >= 0.3 is 11.9 Å². The molecular formula is C19H36O7S10. The van der Waals surface area contributed by atoms with Gasteiger partial charge in [-0.2, -0.15) is 11.8 Å². The van der Waals surface area contributed by atoms with E-state index in [2.05, 4.69) is 6.92 Å². The SMILES string of the molecule is CCSCCOOCSCSCSCSCOC(=O)CSCSCSCSCC(=O)OCCSCO. The summed E-state index contributed by atoms with van der Waals surface area (Å²) in [6.45, 7) is 3.11. The lowest BCUT2D eigenvalue weighted by Crippen LogP contribution is -2.10. The topological polar surface area (TPSA) is 91.3 Å². The van der Waals surface area contributed by atoms with Gasteiger partial charge in [-0.05, 0) is 5.75 Å². The number of rotatable bonds is 29. The number of aliphatic hydroxyl groups is 1. The van der Waals surface area contributed by atoms with Gasteiger partial charge in [-0.1, -0.05) is 6.92 Å². The Morgan fingerprint density at radius 3 is 1.72 bits per heavy atom. The largest absolute Gasteiger partial charge is 0.464 e. The fraction of sp³-hybridized carbons (Fsp3) is 0.895. The molecule has 0 heterocycles. The molecule has 0 aliphatic carbocycles. The summed E-state index contributed by atoms with van der Waals surface area (Å²) >= 11 is 16.8. The van der Waals surface area contributed by atoms with Gasteiger partial charge in [-0.25, -0.2) is 9.78 Å². The van der Waals surface area contributed by atoms with E-state index in [-0.39, 0.29) is 17.9 Å². The average Bonchev–Trinajstić information content (AvgIpc) is 2.88. The molecule has 0 aliphatic rings. The lowest BCUT2D eigenvalue weighted by Gasteiger charge is -2.06. The molecule has 0 radical (unpaired) electrons. The summed E-state index contributed by atoms with van der Waals surface area (Å²) in [6, 6.07) is 0. The second kappa shape index (κ2) is 33.5. The molecule has 0 unspecified atom stereocenters. The molecule has 0 atom stereocenters. The molecule has 0 aliphatic heterocycles. The number of aliphatic hydroxyl groups excluding tert-OH is 1. The quantitative estimate of drug-likeness (QED) is 0.0326. The molecule has 0 fully saturated rings. The Kier molecular flexibility index (Phi) is 35.7. The fourth-order valence-electron chi connectivity index (χ4n) is 1.64. The standard InChI is InChI=1S/C19H36O7S10/c1-2-27-6-4-25-26-11-32-15-36-17-35-14-31-10-24-19(22)8-30-13-34-16-33-12-29-7-18(21)23-3-5-28-9-20/h20H,2-17H2,1H3. The molecule has 0 rings (SSSR count). The fourth-order valence-corrected chi connectivity index (χ4v) is 10.9. The Morgan fingerprint density at radius 1 is 0.583 bits per heavy atom. The van der Waals surface area contributed by atoms with Crippen molar-refractivity contribution in [1.29, 1.82) is 0 Å². The Balaban J connectivity index is 3.21. The number of esters is 2. The van der Waals surface area contributed by atoms with Crippen molar-refractivity contribution in [2.75, 3.05) is 90.3 Å². The lowest BCUT2D eigenvalue weighted by atomic mass is 10.8. The molecular weight excluding hydrogens is 661 g/mol. The smallest absolute Gasteiger partial charge is 0.316 e. The van der Waals surface area contributed by atoms with Crippen LogP contribution in [-0.4, -0.2) is 107 Å². The minimum atomic E-state index is -0.212. The van der Waals surface area contributed by atoms with Crippen molar-refractivity contribution in [3.63, 3.8) is 0 Å². The third kappa shape index (κ3) is 32.5. The second-order valence-corrected chi connectivity index (χ2v) is 18.2. The molecule has 214 valence electrons. The highest BCUT2D eigenvalue weighted by atomic mass is 32.3. The highest BCUT2D eigenvalue weighted by Crippen LogP contribution is 2.22. The Hall–Kier alpha value is 2.32. The maximum Gasteiger partial charge on any atom is 0.316 e. The van der Waals surface area contributed by atoms with Crippen LogP contribution in [0.2, 0.25) is 0 Å². The summed E-state index contributed by atoms with van der Waals surface area (Å²) in [5.41, 5.74) is 0. The third-order valence-corrected chi connectivity index (χ3v) is 14.0. The Bertz CT molecular complexity index is 497. The van der Waals surface area contributed by atoms with E-state index in [1.807, 2.05) is 35.3 Å². The van der Waals surface area contributed by atoms with E-state index in [4.69, 9.17) is 24.4 Å². The first-order valence-electron chi connectivity index (χ1n) is 10.6. The van der Waals surface area contributed by atoms with Crippen LogP contribution in [-0.2, 0) is 28.8 Å². The van der Waals surface area contributed by atoms with Crippen LogP contribution in [0.1, 0.15) is 6.92 Å². The summed E-state index contributed by atoms with van der Waals surface area (Å²) in [5, 5.41) is 14.1. The molecule has 0 amide bonds. The van der Waals surface area contributed by atoms with E-state index in [0.29, 0.717) is 42.4 Å². The van der Waals surface area contributed by atoms with Crippen LogP contribution in [0.4, 0.5) is 0 Å².